The highest BCUT2D eigenvalue weighted by molar-refractivity contribution is 7.91. The van der Waals surface area contributed by atoms with E-state index in [0.717, 1.165) is 24.3 Å². The number of sulfone groups is 1. The summed E-state index contributed by atoms with van der Waals surface area (Å²) in [4.78, 5) is 20.0. The topological polar surface area (TPSA) is 120 Å². The number of nitro groups is 2. The fourth-order valence-corrected chi connectivity index (χ4v) is 3.50. The van der Waals surface area contributed by atoms with E-state index in [0.29, 0.717) is 5.56 Å². The molecule has 2 rings (SSSR count). The zero-order chi connectivity index (χ0) is 17.0. The summed E-state index contributed by atoms with van der Waals surface area (Å²) < 4.78 is 24.9. The minimum Gasteiger partial charge on any atom is -0.263 e. The van der Waals surface area contributed by atoms with Gasteiger partial charge in [-0.15, -0.1) is 0 Å². The second-order valence-electron chi connectivity index (χ2n) is 4.73. The van der Waals surface area contributed by atoms with Crippen molar-refractivity contribution in [1.29, 1.82) is 0 Å². The van der Waals surface area contributed by atoms with E-state index in [2.05, 4.69) is 0 Å². The van der Waals surface area contributed by atoms with Crippen LogP contribution in [0.1, 0.15) is 5.56 Å². The lowest BCUT2D eigenvalue weighted by atomic mass is 10.1. The second-order valence-corrected chi connectivity index (χ2v) is 6.83. The largest absolute Gasteiger partial charge is 0.318 e. The first kappa shape index (κ1) is 16.6. The third kappa shape index (κ3) is 3.69. The first-order chi connectivity index (χ1) is 10.8. The Hall–Kier alpha value is -2.81. The molecule has 2 aromatic carbocycles. The third-order valence-electron chi connectivity index (χ3n) is 3.22. The number of nitrogens with zero attached hydrogens (tertiary/aromatic N) is 2. The molecule has 0 aromatic heterocycles. The van der Waals surface area contributed by atoms with E-state index in [9.17, 15) is 28.6 Å². The van der Waals surface area contributed by atoms with E-state index < -0.39 is 25.1 Å². The van der Waals surface area contributed by atoms with Crippen LogP contribution in [-0.4, -0.2) is 23.6 Å². The molecule has 0 bridgehead atoms. The van der Waals surface area contributed by atoms with Crippen molar-refractivity contribution in [2.24, 2.45) is 0 Å². The van der Waals surface area contributed by atoms with Crippen LogP contribution in [0.4, 0.5) is 5.69 Å². The number of benzene rings is 2. The predicted octanol–water partition coefficient (Wildman–Crippen LogP) is 2.21. The fraction of sp³-hybridized carbons (Fsp3) is 0.143. The molecule has 8 nitrogen and oxygen atoms in total. The van der Waals surface area contributed by atoms with Crippen LogP contribution < -0.4 is 0 Å². The summed E-state index contributed by atoms with van der Waals surface area (Å²) in [5.74, 6) is 0. The number of nitro benzene ring substituents is 1. The fourth-order valence-electron chi connectivity index (χ4n) is 2.03. The number of rotatable bonds is 6. The van der Waals surface area contributed by atoms with Crippen molar-refractivity contribution in [3.05, 3.63) is 80.4 Å². The first-order valence-corrected chi connectivity index (χ1v) is 8.03. The maximum Gasteiger partial charge on any atom is 0.318 e. The summed E-state index contributed by atoms with van der Waals surface area (Å²) in [7, 11) is -4.26. The van der Waals surface area contributed by atoms with Crippen LogP contribution in [0.15, 0.2) is 59.5 Å². The van der Waals surface area contributed by atoms with Gasteiger partial charge in [0.05, 0.1) is 16.2 Å². The Morgan fingerprint density at radius 2 is 1.48 bits per heavy atom. The van der Waals surface area contributed by atoms with Gasteiger partial charge in [-0.3, -0.25) is 20.2 Å². The van der Waals surface area contributed by atoms with E-state index in [-0.39, 0.29) is 17.0 Å². The van der Waals surface area contributed by atoms with Crippen molar-refractivity contribution in [2.45, 2.75) is 16.7 Å². The molecule has 0 spiro atoms. The van der Waals surface area contributed by atoms with Gasteiger partial charge in [0.25, 0.3) is 5.69 Å². The summed E-state index contributed by atoms with van der Waals surface area (Å²) in [5, 5.41) is 20.0. The molecule has 120 valence electrons. The normalized spacial score (nSPS) is 12.5. The van der Waals surface area contributed by atoms with Crippen LogP contribution in [0.3, 0.4) is 0 Å². The highest BCUT2D eigenvalue weighted by Crippen LogP contribution is 2.22. The van der Waals surface area contributed by atoms with Gasteiger partial charge < -0.3 is 0 Å². The number of non-ortho nitro benzene ring substituents is 1. The Balaban J connectivity index is 2.37. The maximum absolute atomic E-state index is 12.4. The van der Waals surface area contributed by atoms with E-state index in [4.69, 9.17) is 0 Å². The van der Waals surface area contributed by atoms with Gasteiger partial charge in [-0.05, 0) is 17.7 Å². The minimum atomic E-state index is -4.26. The van der Waals surface area contributed by atoms with Crippen LogP contribution in [0.2, 0.25) is 0 Å². The molecule has 0 N–H and O–H groups in total. The summed E-state index contributed by atoms with van der Waals surface area (Å²) in [5.41, 5.74) is 0.226. The molecule has 0 heterocycles. The molecule has 1 unspecified atom stereocenters. The molecule has 0 amide bonds. The molecule has 23 heavy (non-hydrogen) atoms. The first-order valence-electron chi connectivity index (χ1n) is 6.48. The van der Waals surface area contributed by atoms with Crippen LogP contribution in [0, 0.1) is 20.2 Å². The Bertz CT molecular complexity index is 818. The quantitative estimate of drug-likeness (QED) is 0.589. The second kappa shape index (κ2) is 6.53. The third-order valence-corrected chi connectivity index (χ3v) is 5.21. The van der Waals surface area contributed by atoms with E-state index in [1.54, 1.807) is 30.3 Å². The average Bonchev–Trinajstić information content (AvgIpc) is 2.53. The molecule has 0 aliphatic heterocycles. The monoisotopic (exact) mass is 336 g/mol. The number of hydrogen-bond donors (Lipinski definition) is 0. The maximum atomic E-state index is 12.4. The van der Waals surface area contributed by atoms with E-state index in [1.807, 2.05) is 0 Å². The van der Waals surface area contributed by atoms with Crippen molar-refractivity contribution in [2.75, 3.05) is 0 Å². The van der Waals surface area contributed by atoms with Gasteiger partial charge in [0.2, 0.25) is 9.84 Å². The molecule has 2 aromatic rings. The number of hydrogen-bond acceptors (Lipinski definition) is 6. The lowest BCUT2D eigenvalue weighted by Gasteiger charge is -2.11. The summed E-state index contributed by atoms with van der Waals surface area (Å²) in [6.45, 7) is 0. The lowest BCUT2D eigenvalue weighted by Crippen LogP contribution is -2.32. The Morgan fingerprint density at radius 1 is 0.913 bits per heavy atom. The minimum absolute atomic E-state index is 0.285. The van der Waals surface area contributed by atoms with Crippen LogP contribution >= 0.6 is 0 Å². The molecule has 0 radical (unpaired) electrons. The Kier molecular flexibility index (Phi) is 4.70. The molecule has 9 heteroatoms. The predicted molar refractivity (Wildman–Crippen MR) is 81.2 cm³/mol. The van der Waals surface area contributed by atoms with Gasteiger partial charge >= 0.3 is 5.37 Å². The van der Waals surface area contributed by atoms with E-state index >= 15 is 0 Å². The van der Waals surface area contributed by atoms with Crippen molar-refractivity contribution >= 4 is 15.5 Å². The van der Waals surface area contributed by atoms with Crippen molar-refractivity contribution in [3.63, 3.8) is 0 Å². The van der Waals surface area contributed by atoms with Crippen molar-refractivity contribution in [3.8, 4) is 0 Å². The zero-order valence-corrected chi connectivity index (χ0v) is 12.5. The van der Waals surface area contributed by atoms with Gasteiger partial charge in [0.15, 0.2) is 0 Å². The van der Waals surface area contributed by atoms with Gasteiger partial charge in [-0.25, -0.2) is 8.42 Å². The van der Waals surface area contributed by atoms with E-state index in [1.165, 1.54) is 0 Å². The molecule has 0 saturated carbocycles. The highest BCUT2D eigenvalue weighted by atomic mass is 32.2. The molecular formula is C14H12N2O6S. The lowest BCUT2D eigenvalue weighted by molar-refractivity contribution is -0.496. The van der Waals surface area contributed by atoms with Gasteiger partial charge in [-0.1, -0.05) is 30.3 Å². The van der Waals surface area contributed by atoms with Gasteiger partial charge in [0.1, 0.15) is 0 Å². The SMILES string of the molecule is O=[N+]([O-])c1ccc(S(=O)(=O)C(Cc2ccccc2)[N+](=O)[O-])cc1. The molecule has 0 fully saturated rings. The molecule has 1 atom stereocenters. The summed E-state index contributed by atoms with van der Waals surface area (Å²) in [6.07, 6.45) is -0.285. The Morgan fingerprint density at radius 3 is 1.96 bits per heavy atom. The van der Waals surface area contributed by atoms with Gasteiger partial charge in [0, 0.05) is 17.1 Å². The molecule has 0 aliphatic carbocycles. The average molecular weight is 336 g/mol. The van der Waals surface area contributed by atoms with Crippen LogP contribution in [0.25, 0.3) is 0 Å². The molecule has 0 aliphatic rings. The van der Waals surface area contributed by atoms with Gasteiger partial charge in [-0.2, -0.15) is 0 Å². The Labute approximate surface area is 131 Å². The smallest absolute Gasteiger partial charge is 0.263 e. The van der Waals surface area contributed by atoms with Crippen LogP contribution in [0.5, 0.6) is 0 Å². The highest BCUT2D eigenvalue weighted by Gasteiger charge is 2.37. The zero-order valence-electron chi connectivity index (χ0n) is 11.7. The van der Waals surface area contributed by atoms with Crippen molar-refractivity contribution in [1.82, 2.24) is 0 Å². The standard InChI is InChI=1S/C14H12N2O6S/c17-15(18)12-6-8-13(9-7-12)23(21,22)14(16(19)20)10-11-4-2-1-3-5-11/h1-9,14H,10H2. The summed E-state index contributed by atoms with van der Waals surface area (Å²) >= 11 is 0. The van der Waals surface area contributed by atoms with Crippen molar-refractivity contribution < 1.29 is 18.3 Å². The molecule has 0 saturated heterocycles. The molecular weight excluding hydrogens is 324 g/mol. The van der Waals surface area contributed by atoms with Crippen LogP contribution in [-0.2, 0) is 16.3 Å². The summed E-state index contributed by atoms with van der Waals surface area (Å²) in [6, 6.07) is 12.3.